The fraction of sp³-hybridized carbons (Fsp3) is 0.107. The lowest BCUT2D eigenvalue weighted by Crippen LogP contribution is -2.13. The molecule has 0 fully saturated rings. The van der Waals surface area contributed by atoms with Crippen molar-refractivity contribution in [3.63, 3.8) is 0 Å². The highest BCUT2D eigenvalue weighted by Gasteiger charge is 2.16. The van der Waals surface area contributed by atoms with Gasteiger partial charge < -0.3 is 14.8 Å². The quantitative estimate of drug-likeness (QED) is 0.287. The zero-order chi connectivity index (χ0) is 24.6. The second-order valence-corrected chi connectivity index (χ2v) is 7.68. The molecule has 0 aliphatic rings. The third kappa shape index (κ3) is 5.57. The summed E-state index contributed by atoms with van der Waals surface area (Å²) in [6.45, 7) is 0.564. The summed E-state index contributed by atoms with van der Waals surface area (Å²) >= 11 is 0. The van der Waals surface area contributed by atoms with Crippen LogP contribution in [0.3, 0.4) is 0 Å². The minimum atomic E-state index is -0.533. The van der Waals surface area contributed by atoms with Gasteiger partial charge in [0.05, 0.1) is 26.5 Å². The van der Waals surface area contributed by atoms with Gasteiger partial charge in [-0.15, -0.1) is 0 Å². The highest BCUT2D eigenvalue weighted by atomic mass is 16.5. The molecule has 0 saturated heterocycles. The summed E-state index contributed by atoms with van der Waals surface area (Å²) in [5, 5.41) is 17.3. The van der Waals surface area contributed by atoms with Gasteiger partial charge in [0.25, 0.3) is 5.91 Å². The van der Waals surface area contributed by atoms with Crippen LogP contribution in [0.5, 0.6) is 11.5 Å². The van der Waals surface area contributed by atoms with E-state index in [1.807, 2.05) is 77.6 Å². The molecular weight excluding hydrogens is 440 g/mol. The Bertz CT molecular complexity index is 1390. The molecule has 0 aliphatic heterocycles. The first-order valence-corrected chi connectivity index (χ1v) is 10.9. The molecule has 1 N–H and O–H groups in total. The Hall–Kier alpha value is -4.83. The first-order valence-electron chi connectivity index (χ1n) is 10.9. The van der Waals surface area contributed by atoms with Crippen LogP contribution < -0.4 is 14.8 Å². The maximum atomic E-state index is 12.9. The van der Waals surface area contributed by atoms with Gasteiger partial charge in [0.1, 0.15) is 11.6 Å². The standard InChI is InChI=1S/C28H24N4O3/c1-34-25-14-13-24(16-26(25)35-2)30-28(33)22(17-29)15-23-19-32(18-20-9-5-3-6-10-20)31-27(23)21-11-7-4-8-12-21/h3-16,19H,18H2,1-2H3,(H,30,33)/b22-15+. The maximum Gasteiger partial charge on any atom is 0.266 e. The maximum absolute atomic E-state index is 12.9. The van der Waals surface area contributed by atoms with Crippen molar-refractivity contribution < 1.29 is 14.3 Å². The van der Waals surface area contributed by atoms with Crippen molar-refractivity contribution in [1.29, 1.82) is 5.26 Å². The summed E-state index contributed by atoms with van der Waals surface area (Å²) in [5.74, 6) is 0.482. The lowest BCUT2D eigenvalue weighted by Gasteiger charge is -2.10. The molecule has 3 aromatic carbocycles. The van der Waals surface area contributed by atoms with E-state index in [1.165, 1.54) is 14.2 Å². The number of methoxy groups -OCH3 is 2. The van der Waals surface area contributed by atoms with Crippen molar-refractivity contribution in [2.24, 2.45) is 0 Å². The predicted octanol–water partition coefficient (Wildman–Crippen LogP) is 5.16. The van der Waals surface area contributed by atoms with Gasteiger partial charge in [0.2, 0.25) is 0 Å². The molecule has 0 bridgehead atoms. The number of rotatable bonds is 8. The Balaban J connectivity index is 1.66. The van der Waals surface area contributed by atoms with Gasteiger partial charge in [-0.1, -0.05) is 60.7 Å². The summed E-state index contributed by atoms with van der Waals surface area (Å²) in [7, 11) is 3.05. The van der Waals surface area contributed by atoms with Crippen molar-refractivity contribution in [3.8, 4) is 28.8 Å². The first-order chi connectivity index (χ1) is 17.1. The van der Waals surface area contributed by atoms with Crippen molar-refractivity contribution >= 4 is 17.7 Å². The number of ether oxygens (including phenoxy) is 2. The SMILES string of the molecule is COc1ccc(NC(=O)/C(C#N)=C/c2cn(Cc3ccccc3)nc2-c2ccccc2)cc1OC. The Morgan fingerprint density at radius 2 is 1.69 bits per heavy atom. The molecule has 1 aromatic heterocycles. The summed E-state index contributed by atoms with van der Waals surface area (Å²) in [6.07, 6.45) is 3.41. The summed E-state index contributed by atoms with van der Waals surface area (Å²) in [4.78, 5) is 12.9. The van der Waals surface area contributed by atoms with E-state index in [4.69, 9.17) is 14.6 Å². The van der Waals surface area contributed by atoms with E-state index in [0.29, 0.717) is 35.0 Å². The lowest BCUT2D eigenvalue weighted by atomic mass is 10.1. The van der Waals surface area contributed by atoms with Gasteiger partial charge in [0.15, 0.2) is 11.5 Å². The highest BCUT2D eigenvalue weighted by Crippen LogP contribution is 2.30. The van der Waals surface area contributed by atoms with Gasteiger partial charge in [0, 0.05) is 29.1 Å². The molecule has 0 unspecified atom stereocenters. The number of aromatic nitrogens is 2. The fourth-order valence-corrected chi connectivity index (χ4v) is 3.63. The first kappa shape index (κ1) is 23.3. The monoisotopic (exact) mass is 464 g/mol. The number of anilines is 1. The number of carbonyl (C=O) groups is 1. The van der Waals surface area contributed by atoms with E-state index in [9.17, 15) is 10.1 Å². The van der Waals surface area contributed by atoms with Crippen molar-refractivity contribution in [1.82, 2.24) is 9.78 Å². The van der Waals surface area contributed by atoms with Gasteiger partial charge >= 0.3 is 0 Å². The molecule has 4 aromatic rings. The molecule has 1 heterocycles. The van der Waals surface area contributed by atoms with Crippen LogP contribution in [0.4, 0.5) is 5.69 Å². The Morgan fingerprint density at radius 3 is 2.34 bits per heavy atom. The molecule has 174 valence electrons. The number of amides is 1. The number of hydrogen-bond donors (Lipinski definition) is 1. The third-order valence-electron chi connectivity index (χ3n) is 5.33. The van der Waals surface area contributed by atoms with Crippen molar-refractivity contribution in [2.75, 3.05) is 19.5 Å². The summed E-state index contributed by atoms with van der Waals surface area (Å²) in [5.41, 5.74) is 3.78. The van der Waals surface area contributed by atoms with E-state index >= 15 is 0 Å². The van der Waals surface area contributed by atoms with Crippen LogP contribution in [-0.2, 0) is 11.3 Å². The van der Waals surface area contributed by atoms with Crippen LogP contribution in [0.25, 0.3) is 17.3 Å². The molecule has 7 nitrogen and oxygen atoms in total. The van der Waals surface area contributed by atoms with Gasteiger partial charge in [-0.3, -0.25) is 9.48 Å². The molecular formula is C28H24N4O3. The second kappa shape index (κ2) is 10.9. The number of carbonyl (C=O) groups excluding carboxylic acids is 1. The van der Waals surface area contributed by atoms with E-state index in [-0.39, 0.29) is 5.57 Å². The van der Waals surface area contributed by atoms with Gasteiger partial charge in [-0.05, 0) is 23.8 Å². The van der Waals surface area contributed by atoms with E-state index in [1.54, 1.807) is 24.3 Å². The largest absolute Gasteiger partial charge is 0.493 e. The second-order valence-electron chi connectivity index (χ2n) is 7.68. The minimum absolute atomic E-state index is 0.0452. The third-order valence-corrected chi connectivity index (χ3v) is 5.33. The van der Waals surface area contributed by atoms with Crippen molar-refractivity contribution in [2.45, 2.75) is 6.54 Å². The molecule has 0 saturated carbocycles. The number of benzene rings is 3. The minimum Gasteiger partial charge on any atom is -0.493 e. The average molecular weight is 465 g/mol. The summed E-state index contributed by atoms with van der Waals surface area (Å²) < 4.78 is 12.3. The van der Waals surface area contributed by atoms with E-state index < -0.39 is 5.91 Å². The zero-order valence-electron chi connectivity index (χ0n) is 19.4. The van der Waals surface area contributed by atoms with Crippen LogP contribution in [0.2, 0.25) is 0 Å². The zero-order valence-corrected chi connectivity index (χ0v) is 19.4. The Labute approximate surface area is 203 Å². The molecule has 4 rings (SSSR count). The Morgan fingerprint density at radius 1 is 1.00 bits per heavy atom. The van der Waals surface area contributed by atoms with Crippen LogP contribution in [0.15, 0.2) is 90.6 Å². The van der Waals surface area contributed by atoms with Crippen molar-refractivity contribution in [3.05, 3.63) is 102 Å². The van der Waals surface area contributed by atoms with Crippen LogP contribution >= 0.6 is 0 Å². The smallest absolute Gasteiger partial charge is 0.266 e. The molecule has 0 spiro atoms. The lowest BCUT2D eigenvalue weighted by molar-refractivity contribution is -0.112. The number of nitriles is 1. The normalized spacial score (nSPS) is 10.9. The number of hydrogen-bond acceptors (Lipinski definition) is 5. The average Bonchev–Trinajstić information content (AvgIpc) is 3.30. The molecule has 0 aliphatic carbocycles. The predicted molar refractivity (Wildman–Crippen MR) is 135 cm³/mol. The number of nitrogens with one attached hydrogen (secondary N) is 1. The van der Waals surface area contributed by atoms with Gasteiger partial charge in [-0.25, -0.2) is 0 Å². The van der Waals surface area contributed by atoms with E-state index in [0.717, 1.165) is 11.1 Å². The fourth-order valence-electron chi connectivity index (χ4n) is 3.63. The number of nitrogens with zero attached hydrogens (tertiary/aromatic N) is 3. The Kier molecular flexibility index (Phi) is 7.24. The van der Waals surface area contributed by atoms with E-state index in [2.05, 4.69) is 5.32 Å². The van der Waals surface area contributed by atoms with Gasteiger partial charge in [-0.2, -0.15) is 10.4 Å². The van der Waals surface area contributed by atoms with Crippen LogP contribution in [-0.4, -0.2) is 29.9 Å². The van der Waals surface area contributed by atoms with Crippen LogP contribution in [0, 0.1) is 11.3 Å². The topological polar surface area (TPSA) is 89.2 Å². The summed E-state index contributed by atoms with van der Waals surface area (Å²) in [6, 6.07) is 26.7. The highest BCUT2D eigenvalue weighted by molar-refractivity contribution is 6.10. The molecule has 0 radical (unpaired) electrons. The molecule has 35 heavy (non-hydrogen) atoms. The van der Waals surface area contributed by atoms with Crippen LogP contribution in [0.1, 0.15) is 11.1 Å². The molecule has 1 amide bonds. The molecule has 0 atom stereocenters. The molecule has 7 heteroatoms.